The van der Waals surface area contributed by atoms with Gasteiger partial charge in [0.2, 0.25) is 5.88 Å². The number of methoxy groups -OCH3 is 1. The van der Waals surface area contributed by atoms with Crippen molar-refractivity contribution in [2.75, 3.05) is 7.11 Å². The SMILES string of the molecule is COc1nccnc1-c1cn[nH]c1C=O. The van der Waals surface area contributed by atoms with Crippen LogP contribution in [0.15, 0.2) is 18.6 Å². The zero-order valence-corrected chi connectivity index (χ0v) is 7.97. The van der Waals surface area contributed by atoms with Crippen molar-refractivity contribution in [3.05, 3.63) is 24.3 Å². The number of aldehydes is 1. The molecule has 0 spiro atoms. The minimum absolute atomic E-state index is 0.355. The number of ether oxygens (including phenoxy) is 1. The van der Waals surface area contributed by atoms with Crippen LogP contribution in [0.25, 0.3) is 11.3 Å². The monoisotopic (exact) mass is 204 g/mol. The van der Waals surface area contributed by atoms with Gasteiger partial charge in [0, 0.05) is 12.4 Å². The van der Waals surface area contributed by atoms with E-state index in [0.717, 1.165) is 0 Å². The molecule has 2 aromatic heterocycles. The van der Waals surface area contributed by atoms with E-state index in [9.17, 15) is 4.79 Å². The largest absolute Gasteiger partial charge is 0.479 e. The Bertz CT molecular complexity index is 480. The molecule has 76 valence electrons. The summed E-state index contributed by atoms with van der Waals surface area (Å²) >= 11 is 0. The fourth-order valence-electron chi connectivity index (χ4n) is 1.23. The van der Waals surface area contributed by atoms with Crippen LogP contribution in [-0.4, -0.2) is 33.6 Å². The second-order valence-electron chi connectivity index (χ2n) is 2.73. The van der Waals surface area contributed by atoms with E-state index in [1.165, 1.54) is 25.7 Å². The molecule has 1 N–H and O–H groups in total. The maximum atomic E-state index is 10.7. The number of nitrogens with zero attached hydrogens (tertiary/aromatic N) is 3. The van der Waals surface area contributed by atoms with Crippen LogP contribution in [0.1, 0.15) is 10.5 Å². The average molecular weight is 204 g/mol. The van der Waals surface area contributed by atoms with Crippen LogP contribution in [0.3, 0.4) is 0 Å². The molecular formula is C9H8N4O2. The Kier molecular flexibility index (Phi) is 2.40. The van der Waals surface area contributed by atoms with Crippen LogP contribution in [-0.2, 0) is 0 Å². The number of hydrogen-bond donors (Lipinski definition) is 1. The first-order chi connectivity index (χ1) is 7.36. The van der Waals surface area contributed by atoms with Gasteiger partial charge in [-0.2, -0.15) is 5.10 Å². The number of aromatic amines is 1. The molecule has 6 heteroatoms. The molecular weight excluding hydrogens is 196 g/mol. The van der Waals surface area contributed by atoms with Crippen molar-refractivity contribution in [3.8, 4) is 17.1 Å². The summed E-state index contributed by atoms with van der Waals surface area (Å²) in [4.78, 5) is 18.8. The quantitative estimate of drug-likeness (QED) is 0.744. The lowest BCUT2D eigenvalue weighted by Crippen LogP contribution is -1.95. The molecule has 2 heterocycles. The van der Waals surface area contributed by atoms with Gasteiger partial charge >= 0.3 is 0 Å². The van der Waals surface area contributed by atoms with Crippen molar-refractivity contribution in [2.45, 2.75) is 0 Å². The van der Waals surface area contributed by atoms with E-state index >= 15 is 0 Å². The molecule has 0 aliphatic rings. The van der Waals surface area contributed by atoms with Crippen molar-refractivity contribution >= 4 is 6.29 Å². The molecule has 2 rings (SSSR count). The predicted octanol–water partition coefficient (Wildman–Crippen LogP) is 0.688. The Hall–Kier alpha value is -2.24. The molecule has 0 aromatic carbocycles. The van der Waals surface area contributed by atoms with Crippen molar-refractivity contribution in [1.29, 1.82) is 0 Å². The zero-order valence-electron chi connectivity index (χ0n) is 7.97. The predicted molar refractivity (Wildman–Crippen MR) is 51.6 cm³/mol. The number of carbonyl (C=O) groups is 1. The lowest BCUT2D eigenvalue weighted by Gasteiger charge is -2.03. The summed E-state index contributed by atoms with van der Waals surface area (Å²) in [5.41, 5.74) is 1.43. The molecule has 0 bridgehead atoms. The Morgan fingerprint density at radius 3 is 2.93 bits per heavy atom. The van der Waals surface area contributed by atoms with Crippen LogP contribution in [0, 0.1) is 0 Å². The highest BCUT2D eigenvalue weighted by Gasteiger charge is 2.13. The summed E-state index contributed by atoms with van der Waals surface area (Å²) in [6, 6.07) is 0. The van der Waals surface area contributed by atoms with Gasteiger partial charge in [-0.25, -0.2) is 9.97 Å². The molecule has 0 atom stereocenters. The molecule has 0 saturated carbocycles. The molecule has 0 amide bonds. The Balaban J connectivity index is 2.58. The van der Waals surface area contributed by atoms with Crippen molar-refractivity contribution in [1.82, 2.24) is 20.2 Å². The third kappa shape index (κ3) is 1.56. The molecule has 0 saturated heterocycles. The number of aromatic nitrogens is 4. The molecule has 0 radical (unpaired) electrons. The summed E-state index contributed by atoms with van der Waals surface area (Å²) in [7, 11) is 1.49. The van der Waals surface area contributed by atoms with E-state index in [2.05, 4.69) is 20.2 Å². The minimum Gasteiger partial charge on any atom is -0.479 e. The van der Waals surface area contributed by atoms with Gasteiger partial charge in [0.15, 0.2) is 6.29 Å². The summed E-state index contributed by atoms with van der Waals surface area (Å²) in [6.45, 7) is 0. The van der Waals surface area contributed by atoms with Gasteiger partial charge in [-0.05, 0) is 0 Å². The fourth-order valence-corrected chi connectivity index (χ4v) is 1.23. The normalized spacial score (nSPS) is 9.93. The highest BCUT2D eigenvalue weighted by molar-refractivity contribution is 5.84. The first-order valence-corrected chi connectivity index (χ1v) is 4.20. The lowest BCUT2D eigenvalue weighted by atomic mass is 10.2. The van der Waals surface area contributed by atoms with Gasteiger partial charge in [0.05, 0.1) is 18.9 Å². The van der Waals surface area contributed by atoms with Gasteiger partial charge in [-0.1, -0.05) is 0 Å². The van der Waals surface area contributed by atoms with Crippen LogP contribution >= 0.6 is 0 Å². The van der Waals surface area contributed by atoms with Crippen LogP contribution in [0.2, 0.25) is 0 Å². The lowest BCUT2D eigenvalue weighted by molar-refractivity contribution is 0.111. The van der Waals surface area contributed by atoms with Gasteiger partial charge in [0.25, 0.3) is 0 Å². The number of carbonyl (C=O) groups excluding carboxylic acids is 1. The molecule has 2 aromatic rings. The molecule has 0 fully saturated rings. The molecule has 6 nitrogen and oxygen atoms in total. The topological polar surface area (TPSA) is 80.8 Å². The Labute approximate surface area is 85.3 Å². The number of rotatable bonds is 3. The molecule has 15 heavy (non-hydrogen) atoms. The zero-order chi connectivity index (χ0) is 10.7. The minimum atomic E-state index is 0.355. The van der Waals surface area contributed by atoms with Gasteiger partial charge in [-0.3, -0.25) is 9.89 Å². The standard InChI is InChI=1S/C9H8N4O2/c1-15-9-8(10-2-3-11-9)6-4-12-13-7(6)5-14/h2-5H,1H3,(H,12,13). The summed E-state index contributed by atoms with van der Waals surface area (Å²) in [6.07, 6.45) is 5.23. The maximum absolute atomic E-state index is 10.7. The van der Waals surface area contributed by atoms with E-state index in [1.54, 1.807) is 0 Å². The molecule has 0 unspecified atom stereocenters. The van der Waals surface area contributed by atoms with Crippen molar-refractivity contribution in [2.24, 2.45) is 0 Å². The second-order valence-corrected chi connectivity index (χ2v) is 2.73. The fraction of sp³-hybridized carbons (Fsp3) is 0.111. The van der Waals surface area contributed by atoms with E-state index in [-0.39, 0.29) is 0 Å². The van der Waals surface area contributed by atoms with Crippen LogP contribution in [0.4, 0.5) is 0 Å². The Morgan fingerprint density at radius 2 is 2.20 bits per heavy atom. The smallest absolute Gasteiger partial charge is 0.240 e. The highest BCUT2D eigenvalue weighted by Crippen LogP contribution is 2.25. The van der Waals surface area contributed by atoms with Crippen LogP contribution < -0.4 is 4.74 Å². The van der Waals surface area contributed by atoms with E-state index in [4.69, 9.17) is 4.74 Å². The van der Waals surface area contributed by atoms with E-state index in [1.807, 2.05) is 0 Å². The third-order valence-corrected chi connectivity index (χ3v) is 1.90. The molecule has 0 aliphatic carbocycles. The van der Waals surface area contributed by atoms with Crippen molar-refractivity contribution < 1.29 is 9.53 Å². The average Bonchev–Trinajstić information content (AvgIpc) is 2.76. The third-order valence-electron chi connectivity index (χ3n) is 1.90. The summed E-state index contributed by atoms with van der Waals surface area (Å²) in [5, 5.41) is 6.33. The second kappa shape index (κ2) is 3.87. The summed E-state index contributed by atoms with van der Waals surface area (Å²) < 4.78 is 5.04. The maximum Gasteiger partial charge on any atom is 0.240 e. The van der Waals surface area contributed by atoms with Crippen molar-refractivity contribution in [3.63, 3.8) is 0 Å². The Morgan fingerprint density at radius 1 is 1.40 bits per heavy atom. The molecule has 0 aliphatic heterocycles. The van der Waals surface area contributed by atoms with Crippen LogP contribution in [0.5, 0.6) is 5.88 Å². The first kappa shape index (κ1) is 9.32. The first-order valence-electron chi connectivity index (χ1n) is 4.20. The number of nitrogens with one attached hydrogen (secondary N) is 1. The van der Waals surface area contributed by atoms with E-state index in [0.29, 0.717) is 29.1 Å². The van der Waals surface area contributed by atoms with Gasteiger partial charge < -0.3 is 4.74 Å². The number of H-pyrrole nitrogens is 1. The number of hydrogen-bond acceptors (Lipinski definition) is 5. The van der Waals surface area contributed by atoms with Gasteiger partial charge in [-0.15, -0.1) is 0 Å². The van der Waals surface area contributed by atoms with Gasteiger partial charge in [0.1, 0.15) is 11.4 Å². The summed E-state index contributed by atoms with van der Waals surface area (Å²) in [5.74, 6) is 0.363. The van der Waals surface area contributed by atoms with E-state index < -0.39 is 0 Å². The highest BCUT2D eigenvalue weighted by atomic mass is 16.5.